The van der Waals surface area contributed by atoms with E-state index in [-0.39, 0.29) is 17.9 Å². The summed E-state index contributed by atoms with van der Waals surface area (Å²) in [7, 11) is 0. The van der Waals surface area contributed by atoms with E-state index in [9.17, 15) is 9.59 Å². The Balaban J connectivity index is 1.23. The van der Waals surface area contributed by atoms with Crippen molar-refractivity contribution in [3.8, 4) is 0 Å². The SMILES string of the molecule is O=C(/C=C/c1ccc(C(=O)NC2CC2)cc1)NC1CCC(c2ccccc2)CC1. The first-order valence-electron chi connectivity index (χ1n) is 10.6. The average Bonchev–Trinajstić information content (AvgIpc) is 3.58. The van der Waals surface area contributed by atoms with Gasteiger partial charge in [-0.1, -0.05) is 42.5 Å². The van der Waals surface area contributed by atoms with Crippen LogP contribution < -0.4 is 10.6 Å². The highest BCUT2D eigenvalue weighted by Crippen LogP contribution is 2.32. The lowest BCUT2D eigenvalue weighted by Gasteiger charge is -2.29. The van der Waals surface area contributed by atoms with Crippen LogP contribution in [0.1, 0.15) is 65.9 Å². The minimum atomic E-state index is -0.0521. The van der Waals surface area contributed by atoms with Crippen LogP contribution in [0.15, 0.2) is 60.7 Å². The van der Waals surface area contributed by atoms with Crippen molar-refractivity contribution in [3.05, 3.63) is 77.4 Å². The first-order chi connectivity index (χ1) is 14.2. The van der Waals surface area contributed by atoms with Crippen LogP contribution in [-0.4, -0.2) is 23.9 Å². The fourth-order valence-electron chi connectivity index (χ4n) is 3.96. The van der Waals surface area contributed by atoms with Crippen LogP contribution in [0.3, 0.4) is 0 Å². The van der Waals surface area contributed by atoms with Gasteiger partial charge in [-0.25, -0.2) is 0 Å². The van der Waals surface area contributed by atoms with Gasteiger partial charge in [0.25, 0.3) is 5.91 Å². The lowest BCUT2D eigenvalue weighted by molar-refractivity contribution is -0.117. The van der Waals surface area contributed by atoms with Gasteiger partial charge >= 0.3 is 0 Å². The number of nitrogens with one attached hydrogen (secondary N) is 2. The molecule has 2 aliphatic carbocycles. The molecular formula is C25H28N2O2. The molecule has 0 atom stereocenters. The van der Waals surface area contributed by atoms with Gasteiger partial charge in [0.15, 0.2) is 0 Å². The average molecular weight is 389 g/mol. The van der Waals surface area contributed by atoms with Crippen LogP contribution in [0.4, 0.5) is 0 Å². The number of benzene rings is 2. The molecular weight excluding hydrogens is 360 g/mol. The molecule has 2 N–H and O–H groups in total. The predicted molar refractivity (Wildman–Crippen MR) is 116 cm³/mol. The molecule has 2 aromatic rings. The number of carbonyl (C=O) groups is 2. The van der Waals surface area contributed by atoms with Crippen molar-refractivity contribution in [2.75, 3.05) is 0 Å². The summed E-state index contributed by atoms with van der Waals surface area (Å²) < 4.78 is 0. The normalized spacial score (nSPS) is 21.7. The second-order valence-corrected chi connectivity index (χ2v) is 8.17. The Morgan fingerprint density at radius 3 is 2.03 bits per heavy atom. The van der Waals surface area contributed by atoms with Crippen molar-refractivity contribution < 1.29 is 9.59 Å². The molecule has 0 radical (unpaired) electrons. The molecule has 4 rings (SSSR count). The van der Waals surface area contributed by atoms with E-state index in [4.69, 9.17) is 0 Å². The van der Waals surface area contributed by atoms with E-state index in [0.717, 1.165) is 44.1 Å². The third-order valence-electron chi connectivity index (χ3n) is 5.86. The minimum absolute atomic E-state index is 0.0214. The fourth-order valence-corrected chi connectivity index (χ4v) is 3.96. The Kier molecular flexibility index (Phi) is 6.09. The summed E-state index contributed by atoms with van der Waals surface area (Å²) in [5.74, 6) is 0.533. The summed E-state index contributed by atoms with van der Waals surface area (Å²) in [5.41, 5.74) is 2.98. The standard InChI is InChI=1S/C25H28N2O2/c28-24(26-22-13-11-20(12-14-22)19-4-2-1-3-5-19)17-8-18-6-9-21(10-7-18)25(29)27-23-15-16-23/h1-10,17,20,22-23H,11-16H2,(H,26,28)(H,27,29)/b17-8+. The minimum Gasteiger partial charge on any atom is -0.350 e. The number of hydrogen-bond donors (Lipinski definition) is 2. The van der Waals surface area contributed by atoms with Crippen molar-refractivity contribution in [1.29, 1.82) is 0 Å². The van der Waals surface area contributed by atoms with Gasteiger partial charge in [0.05, 0.1) is 0 Å². The van der Waals surface area contributed by atoms with Crippen LogP contribution in [0, 0.1) is 0 Å². The van der Waals surface area contributed by atoms with Crippen LogP contribution in [0.25, 0.3) is 6.08 Å². The lowest BCUT2D eigenvalue weighted by atomic mass is 9.82. The molecule has 0 aromatic heterocycles. The van der Waals surface area contributed by atoms with E-state index in [1.54, 1.807) is 24.3 Å². The number of amides is 2. The van der Waals surface area contributed by atoms with Gasteiger partial charge in [-0.2, -0.15) is 0 Å². The van der Waals surface area contributed by atoms with E-state index in [1.807, 2.05) is 12.1 Å². The van der Waals surface area contributed by atoms with E-state index in [2.05, 4.69) is 41.0 Å². The Hall–Kier alpha value is -2.88. The highest BCUT2D eigenvalue weighted by atomic mass is 16.2. The topological polar surface area (TPSA) is 58.2 Å². The van der Waals surface area contributed by atoms with E-state index in [0.29, 0.717) is 17.5 Å². The number of hydrogen-bond acceptors (Lipinski definition) is 2. The molecule has 4 heteroatoms. The number of carbonyl (C=O) groups excluding carboxylic acids is 2. The lowest BCUT2D eigenvalue weighted by Crippen LogP contribution is -2.36. The first kappa shape index (κ1) is 19.4. The van der Waals surface area contributed by atoms with Gasteiger partial charge < -0.3 is 10.6 Å². The molecule has 0 spiro atoms. The van der Waals surface area contributed by atoms with Gasteiger partial charge in [-0.05, 0) is 73.8 Å². The molecule has 4 nitrogen and oxygen atoms in total. The molecule has 29 heavy (non-hydrogen) atoms. The third kappa shape index (κ3) is 5.57. The molecule has 2 amide bonds. The summed E-state index contributed by atoms with van der Waals surface area (Å²) in [6, 6.07) is 18.6. The molecule has 0 heterocycles. The predicted octanol–water partition coefficient (Wildman–Crippen LogP) is 4.43. The Bertz CT molecular complexity index is 861. The Morgan fingerprint density at radius 2 is 1.38 bits per heavy atom. The second kappa shape index (κ2) is 9.08. The van der Waals surface area contributed by atoms with Crippen LogP contribution in [-0.2, 0) is 4.79 Å². The van der Waals surface area contributed by atoms with E-state index < -0.39 is 0 Å². The van der Waals surface area contributed by atoms with E-state index >= 15 is 0 Å². The van der Waals surface area contributed by atoms with Crippen molar-refractivity contribution >= 4 is 17.9 Å². The zero-order valence-corrected chi connectivity index (χ0v) is 16.6. The van der Waals surface area contributed by atoms with Gasteiger partial charge in [0.2, 0.25) is 5.91 Å². The maximum atomic E-state index is 12.3. The Labute approximate surface area is 172 Å². The zero-order chi connectivity index (χ0) is 20.1. The molecule has 0 saturated heterocycles. The second-order valence-electron chi connectivity index (χ2n) is 8.17. The first-order valence-corrected chi connectivity index (χ1v) is 10.6. The maximum absolute atomic E-state index is 12.3. The Morgan fingerprint density at radius 1 is 0.759 bits per heavy atom. The zero-order valence-electron chi connectivity index (χ0n) is 16.6. The molecule has 2 saturated carbocycles. The molecule has 2 fully saturated rings. The smallest absolute Gasteiger partial charge is 0.251 e. The van der Waals surface area contributed by atoms with Crippen molar-refractivity contribution in [1.82, 2.24) is 10.6 Å². The van der Waals surface area contributed by atoms with Crippen LogP contribution in [0.2, 0.25) is 0 Å². The third-order valence-corrected chi connectivity index (χ3v) is 5.86. The quantitative estimate of drug-likeness (QED) is 0.719. The summed E-state index contributed by atoms with van der Waals surface area (Å²) in [4.78, 5) is 24.3. The molecule has 2 aromatic carbocycles. The van der Waals surface area contributed by atoms with Gasteiger partial charge in [0.1, 0.15) is 0 Å². The summed E-state index contributed by atoms with van der Waals surface area (Å²) in [5, 5.41) is 6.11. The number of rotatable bonds is 6. The van der Waals surface area contributed by atoms with Gasteiger partial charge in [0, 0.05) is 23.7 Å². The van der Waals surface area contributed by atoms with Crippen LogP contribution in [0.5, 0.6) is 0 Å². The van der Waals surface area contributed by atoms with Crippen molar-refractivity contribution in [2.24, 2.45) is 0 Å². The molecule has 2 aliphatic rings. The molecule has 0 bridgehead atoms. The van der Waals surface area contributed by atoms with Crippen molar-refractivity contribution in [2.45, 2.75) is 56.5 Å². The van der Waals surface area contributed by atoms with Crippen molar-refractivity contribution in [3.63, 3.8) is 0 Å². The van der Waals surface area contributed by atoms with E-state index in [1.165, 1.54) is 5.56 Å². The highest BCUT2D eigenvalue weighted by molar-refractivity contribution is 5.95. The molecule has 150 valence electrons. The van der Waals surface area contributed by atoms with Gasteiger partial charge in [-0.15, -0.1) is 0 Å². The van der Waals surface area contributed by atoms with Gasteiger partial charge in [-0.3, -0.25) is 9.59 Å². The van der Waals surface area contributed by atoms with Crippen LogP contribution >= 0.6 is 0 Å². The fraction of sp³-hybridized carbons (Fsp3) is 0.360. The summed E-state index contributed by atoms with van der Waals surface area (Å²) >= 11 is 0. The largest absolute Gasteiger partial charge is 0.350 e. The summed E-state index contributed by atoms with van der Waals surface area (Å²) in [6.45, 7) is 0. The monoisotopic (exact) mass is 388 g/mol. The molecule has 0 aliphatic heterocycles. The molecule has 0 unspecified atom stereocenters. The highest BCUT2D eigenvalue weighted by Gasteiger charge is 2.24. The maximum Gasteiger partial charge on any atom is 0.251 e. The summed E-state index contributed by atoms with van der Waals surface area (Å²) in [6.07, 6.45) is 9.81.